The van der Waals surface area contributed by atoms with Crippen LogP contribution in [0.4, 0.5) is 0 Å². The van der Waals surface area contributed by atoms with Crippen LogP contribution in [-0.2, 0) is 9.53 Å². The molecular weight excluding hydrogens is 240 g/mol. The third-order valence-corrected chi connectivity index (χ3v) is 3.95. The summed E-state index contributed by atoms with van der Waals surface area (Å²) in [5.74, 6) is -0.149. The molecule has 0 spiro atoms. The van der Waals surface area contributed by atoms with Crippen molar-refractivity contribution in [2.45, 2.75) is 58.0 Å². The van der Waals surface area contributed by atoms with Gasteiger partial charge in [0.2, 0.25) is 0 Å². The van der Waals surface area contributed by atoms with Gasteiger partial charge in [-0.1, -0.05) is 6.42 Å². The van der Waals surface area contributed by atoms with Crippen molar-refractivity contribution < 1.29 is 9.53 Å². The Kier molecular flexibility index (Phi) is 4.84. The number of carbonyl (C=O) groups is 1. The number of nitrogens with zero attached hydrogens (tertiary/aromatic N) is 2. The molecule has 1 fully saturated rings. The number of likely N-dealkylation sites (tertiary alicyclic amines) is 1. The molecule has 0 bridgehead atoms. The van der Waals surface area contributed by atoms with E-state index in [1.165, 1.54) is 12.8 Å². The van der Waals surface area contributed by atoms with E-state index in [4.69, 9.17) is 10.00 Å². The molecule has 104 valence electrons. The lowest BCUT2D eigenvalue weighted by atomic mass is 10.0. The standard InChI is InChI=1S/C15H22N2O2/c1-12-14(17-10-6-7-11-17)13(19-15(12)18)8-4-2-3-5-9-16/h13H,2-8,10-11H2,1H3. The van der Waals surface area contributed by atoms with Gasteiger partial charge in [0.25, 0.3) is 0 Å². The largest absolute Gasteiger partial charge is 0.453 e. The summed E-state index contributed by atoms with van der Waals surface area (Å²) in [6, 6.07) is 2.16. The molecule has 0 aromatic carbocycles. The average Bonchev–Trinajstić information content (AvgIpc) is 2.99. The monoisotopic (exact) mass is 262 g/mol. The minimum atomic E-state index is -0.149. The maximum absolute atomic E-state index is 11.7. The number of esters is 1. The van der Waals surface area contributed by atoms with Crippen molar-refractivity contribution in [2.24, 2.45) is 0 Å². The van der Waals surface area contributed by atoms with Gasteiger partial charge < -0.3 is 9.64 Å². The quantitative estimate of drug-likeness (QED) is 0.545. The molecule has 4 nitrogen and oxygen atoms in total. The molecule has 0 N–H and O–H groups in total. The molecular formula is C15H22N2O2. The van der Waals surface area contributed by atoms with Gasteiger partial charge in [0, 0.05) is 19.5 Å². The van der Waals surface area contributed by atoms with Crippen LogP contribution in [0, 0.1) is 11.3 Å². The van der Waals surface area contributed by atoms with E-state index in [2.05, 4.69) is 11.0 Å². The van der Waals surface area contributed by atoms with Crippen molar-refractivity contribution in [3.8, 4) is 6.07 Å². The first-order valence-electron chi connectivity index (χ1n) is 7.27. The number of hydrogen-bond acceptors (Lipinski definition) is 4. The lowest BCUT2D eigenvalue weighted by molar-refractivity contribution is -0.140. The maximum atomic E-state index is 11.7. The van der Waals surface area contributed by atoms with Gasteiger partial charge >= 0.3 is 5.97 Å². The summed E-state index contributed by atoms with van der Waals surface area (Å²) in [7, 11) is 0. The van der Waals surface area contributed by atoms with Crippen molar-refractivity contribution in [2.75, 3.05) is 13.1 Å². The third-order valence-electron chi connectivity index (χ3n) is 3.95. The number of rotatable bonds is 6. The first-order chi connectivity index (χ1) is 9.24. The molecule has 0 saturated carbocycles. The molecule has 2 aliphatic heterocycles. The van der Waals surface area contributed by atoms with Gasteiger partial charge in [-0.25, -0.2) is 4.79 Å². The van der Waals surface area contributed by atoms with Crippen molar-refractivity contribution >= 4 is 5.97 Å². The normalized spacial score (nSPS) is 22.8. The molecule has 2 rings (SSSR count). The van der Waals surface area contributed by atoms with E-state index in [0.29, 0.717) is 6.42 Å². The molecule has 1 saturated heterocycles. The first-order valence-corrected chi connectivity index (χ1v) is 7.27. The molecule has 4 heteroatoms. The van der Waals surface area contributed by atoms with Gasteiger partial charge in [-0.15, -0.1) is 0 Å². The molecule has 0 aromatic heterocycles. The highest BCUT2D eigenvalue weighted by Gasteiger charge is 2.35. The van der Waals surface area contributed by atoms with E-state index in [0.717, 1.165) is 50.0 Å². The van der Waals surface area contributed by atoms with Gasteiger partial charge in [-0.3, -0.25) is 0 Å². The van der Waals surface area contributed by atoms with Crippen LogP contribution >= 0.6 is 0 Å². The Hall–Kier alpha value is -1.50. The summed E-state index contributed by atoms with van der Waals surface area (Å²) in [5.41, 5.74) is 1.92. The van der Waals surface area contributed by atoms with Crippen molar-refractivity contribution in [3.05, 3.63) is 11.3 Å². The fourth-order valence-corrected chi connectivity index (χ4v) is 2.92. The molecule has 0 amide bonds. The molecule has 2 aliphatic rings. The van der Waals surface area contributed by atoms with E-state index in [9.17, 15) is 4.79 Å². The summed E-state index contributed by atoms with van der Waals surface area (Å²) < 4.78 is 5.49. The molecule has 1 unspecified atom stereocenters. The number of hydrogen-bond donors (Lipinski definition) is 0. The fourth-order valence-electron chi connectivity index (χ4n) is 2.92. The third kappa shape index (κ3) is 3.28. The summed E-state index contributed by atoms with van der Waals surface area (Å²) in [6.45, 7) is 3.98. The minimum absolute atomic E-state index is 0.0484. The van der Waals surface area contributed by atoms with Crippen LogP contribution in [0.25, 0.3) is 0 Å². The molecule has 1 atom stereocenters. The molecule has 0 aliphatic carbocycles. The zero-order valence-electron chi connectivity index (χ0n) is 11.7. The summed E-state index contributed by atoms with van der Waals surface area (Å²) >= 11 is 0. The summed E-state index contributed by atoms with van der Waals surface area (Å²) in [6.07, 6.45) is 6.88. The highest BCUT2D eigenvalue weighted by atomic mass is 16.5. The summed E-state index contributed by atoms with van der Waals surface area (Å²) in [5, 5.41) is 8.50. The van der Waals surface area contributed by atoms with Crippen LogP contribution in [0.5, 0.6) is 0 Å². The number of cyclic esters (lactones) is 1. The lowest BCUT2D eigenvalue weighted by Crippen LogP contribution is -2.26. The van der Waals surface area contributed by atoms with Crippen molar-refractivity contribution in [3.63, 3.8) is 0 Å². The molecule has 0 aromatic rings. The Balaban J connectivity index is 1.89. The Labute approximate surface area is 115 Å². The fraction of sp³-hybridized carbons (Fsp3) is 0.733. The number of nitriles is 1. The Morgan fingerprint density at radius 1 is 1.32 bits per heavy atom. The van der Waals surface area contributed by atoms with E-state index < -0.39 is 0 Å². The van der Waals surface area contributed by atoms with Gasteiger partial charge in [0.15, 0.2) is 0 Å². The number of ether oxygens (including phenoxy) is 1. The maximum Gasteiger partial charge on any atom is 0.336 e. The van der Waals surface area contributed by atoms with Crippen LogP contribution in [0.1, 0.15) is 51.9 Å². The van der Waals surface area contributed by atoms with Crippen LogP contribution in [0.15, 0.2) is 11.3 Å². The second-order valence-corrected chi connectivity index (χ2v) is 5.36. The summed E-state index contributed by atoms with van der Waals surface area (Å²) in [4.78, 5) is 14.1. The van der Waals surface area contributed by atoms with Gasteiger partial charge in [0.05, 0.1) is 17.3 Å². The highest BCUT2D eigenvalue weighted by Crippen LogP contribution is 2.31. The van der Waals surface area contributed by atoms with Crippen molar-refractivity contribution in [1.29, 1.82) is 5.26 Å². The van der Waals surface area contributed by atoms with Crippen LogP contribution in [0.3, 0.4) is 0 Å². The lowest BCUT2D eigenvalue weighted by Gasteiger charge is -2.24. The smallest absolute Gasteiger partial charge is 0.336 e. The average molecular weight is 262 g/mol. The Bertz CT molecular complexity index is 403. The zero-order chi connectivity index (χ0) is 13.7. The first kappa shape index (κ1) is 13.9. The van der Waals surface area contributed by atoms with Gasteiger partial charge in [-0.2, -0.15) is 5.26 Å². The van der Waals surface area contributed by atoms with Crippen molar-refractivity contribution in [1.82, 2.24) is 4.90 Å². The highest BCUT2D eigenvalue weighted by molar-refractivity contribution is 5.91. The second kappa shape index (κ2) is 6.60. The van der Waals surface area contributed by atoms with Gasteiger partial charge in [-0.05, 0) is 39.0 Å². The predicted molar refractivity (Wildman–Crippen MR) is 72.1 cm³/mol. The van der Waals surface area contributed by atoms with Gasteiger partial charge in [0.1, 0.15) is 6.10 Å². The number of carbonyl (C=O) groups excluding carboxylic acids is 1. The predicted octanol–water partition coefficient (Wildman–Crippen LogP) is 2.76. The second-order valence-electron chi connectivity index (χ2n) is 5.36. The van der Waals surface area contributed by atoms with E-state index in [-0.39, 0.29) is 12.1 Å². The van der Waals surface area contributed by atoms with Crippen LogP contribution in [-0.4, -0.2) is 30.1 Å². The molecule has 0 radical (unpaired) electrons. The molecule has 2 heterocycles. The van der Waals surface area contributed by atoms with Crippen LogP contribution in [0.2, 0.25) is 0 Å². The minimum Gasteiger partial charge on any atom is -0.453 e. The van der Waals surface area contributed by atoms with E-state index in [1.54, 1.807) is 0 Å². The van der Waals surface area contributed by atoms with Crippen LogP contribution < -0.4 is 0 Å². The van der Waals surface area contributed by atoms with E-state index in [1.807, 2.05) is 6.92 Å². The SMILES string of the molecule is CC1=C(N2CCCC2)C(CCCCCC#N)OC1=O. The zero-order valence-corrected chi connectivity index (χ0v) is 11.7. The number of unbranched alkanes of at least 4 members (excludes halogenated alkanes) is 3. The Morgan fingerprint density at radius 3 is 2.74 bits per heavy atom. The molecule has 19 heavy (non-hydrogen) atoms. The Morgan fingerprint density at radius 2 is 2.05 bits per heavy atom. The van der Waals surface area contributed by atoms with E-state index >= 15 is 0 Å². The topological polar surface area (TPSA) is 53.3 Å².